The lowest BCUT2D eigenvalue weighted by Crippen LogP contribution is -2.46. The molecule has 0 aromatic carbocycles. The molecule has 5 atom stereocenters. The Kier molecular flexibility index (Phi) is 4.62. The minimum Gasteiger partial charge on any atom is -0.352 e. The van der Waals surface area contributed by atoms with Crippen molar-refractivity contribution in [2.45, 2.75) is 51.6 Å². The van der Waals surface area contributed by atoms with E-state index in [9.17, 15) is 4.79 Å². The average molecular weight is 247 g/mol. The predicted octanol–water partition coefficient (Wildman–Crippen LogP) is 1.70. The highest BCUT2D eigenvalue weighted by atomic mass is 35.5. The molecule has 3 N–H and O–H groups in total. The van der Waals surface area contributed by atoms with Crippen LogP contribution in [0.15, 0.2) is 0 Å². The van der Waals surface area contributed by atoms with Crippen LogP contribution >= 0.6 is 12.4 Å². The fourth-order valence-corrected chi connectivity index (χ4v) is 3.37. The van der Waals surface area contributed by atoms with Crippen LogP contribution < -0.4 is 11.1 Å². The Morgan fingerprint density at radius 3 is 2.44 bits per heavy atom. The van der Waals surface area contributed by atoms with Crippen molar-refractivity contribution in [3.63, 3.8) is 0 Å². The van der Waals surface area contributed by atoms with Crippen LogP contribution in [0.25, 0.3) is 0 Å². The smallest absolute Gasteiger partial charge is 0.236 e. The van der Waals surface area contributed by atoms with E-state index in [1.165, 1.54) is 25.7 Å². The van der Waals surface area contributed by atoms with Crippen LogP contribution in [0.3, 0.4) is 0 Å². The molecule has 2 bridgehead atoms. The van der Waals surface area contributed by atoms with Crippen LogP contribution in [0.4, 0.5) is 0 Å². The zero-order valence-electron chi connectivity index (χ0n) is 10.1. The number of halogens is 1. The highest BCUT2D eigenvalue weighted by molar-refractivity contribution is 5.85. The van der Waals surface area contributed by atoms with Gasteiger partial charge in [0.05, 0.1) is 6.04 Å². The molecule has 2 fully saturated rings. The van der Waals surface area contributed by atoms with Crippen LogP contribution in [-0.4, -0.2) is 18.0 Å². The number of carbonyl (C=O) groups excluding carboxylic acids is 1. The predicted molar refractivity (Wildman–Crippen MR) is 67.4 cm³/mol. The number of fused-ring (bicyclic) bond motifs is 2. The van der Waals surface area contributed by atoms with Gasteiger partial charge in [-0.05, 0) is 50.9 Å². The van der Waals surface area contributed by atoms with Gasteiger partial charge in [0.2, 0.25) is 5.91 Å². The molecule has 0 heterocycles. The number of nitrogens with two attached hydrogens (primary N) is 1. The molecule has 4 heteroatoms. The molecule has 2 saturated carbocycles. The molecule has 2 rings (SSSR count). The summed E-state index contributed by atoms with van der Waals surface area (Å²) in [6.07, 6.45) is 5.48. The summed E-state index contributed by atoms with van der Waals surface area (Å²) in [5.74, 6) is 2.49. The van der Waals surface area contributed by atoms with E-state index >= 15 is 0 Å². The van der Waals surface area contributed by atoms with Gasteiger partial charge in [0.1, 0.15) is 0 Å². The molecule has 0 saturated heterocycles. The lowest BCUT2D eigenvalue weighted by molar-refractivity contribution is -0.123. The topological polar surface area (TPSA) is 55.1 Å². The fraction of sp³-hybridized carbons (Fsp3) is 0.917. The Balaban J connectivity index is 0.00000128. The summed E-state index contributed by atoms with van der Waals surface area (Å²) in [7, 11) is 0. The van der Waals surface area contributed by atoms with Crippen LogP contribution in [0.2, 0.25) is 0 Å². The molecule has 1 amide bonds. The Bertz CT molecular complexity index is 257. The summed E-state index contributed by atoms with van der Waals surface area (Å²) in [5.41, 5.74) is 5.55. The molecule has 0 aliphatic heterocycles. The lowest BCUT2D eigenvalue weighted by Gasteiger charge is -2.29. The van der Waals surface area contributed by atoms with E-state index in [0.29, 0.717) is 12.0 Å². The largest absolute Gasteiger partial charge is 0.352 e. The normalized spacial score (nSPS) is 35.3. The molecule has 0 spiro atoms. The molecule has 3 nitrogen and oxygen atoms in total. The maximum Gasteiger partial charge on any atom is 0.236 e. The van der Waals surface area contributed by atoms with Crippen LogP contribution in [-0.2, 0) is 4.79 Å². The number of hydrogen-bond donors (Lipinski definition) is 2. The van der Waals surface area contributed by atoms with Crippen LogP contribution in [0.5, 0.6) is 0 Å². The average Bonchev–Trinajstić information content (AvgIpc) is 2.78. The monoisotopic (exact) mass is 246 g/mol. The van der Waals surface area contributed by atoms with Crippen molar-refractivity contribution in [1.29, 1.82) is 0 Å². The minimum absolute atomic E-state index is 0. The van der Waals surface area contributed by atoms with E-state index in [1.54, 1.807) is 6.92 Å². The Labute approximate surface area is 104 Å². The molecule has 94 valence electrons. The first-order valence-electron chi connectivity index (χ1n) is 6.14. The third kappa shape index (κ3) is 2.69. The second kappa shape index (κ2) is 5.37. The summed E-state index contributed by atoms with van der Waals surface area (Å²) >= 11 is 0. The van der Waals surface area contributed by atoms with Gasteiger partial charge in [-0.1, -0.05) is 6.42 Å². The molecule has 16 heavy (non-hydrogen) atoms. The number of carbonyl (C=O) groups is 1. The van der Waals surface area contributed by atoms with Crippen molar-refractivity contribution >= 4 is 18.3 Å². The van der Waals surface area contributed by atoms with E-state index in [2.05, 4.69) is 12.2 Å². The zero-order chi connectivity index (χ0) is 11.0. The van der Waals surface area contributed by atoms with E-state index in [-0.39, 0.29) is 24.4 Å². The quantitative estimate of drug-likeness (QED) is 0.797. The summed E-state index contributed by atoms with van der Waals surface area (Å²) < 4.78 is 0. The summed E-state index contributed by atoms with van der Waals surface area (Å²) in [6, 6.07) is -0.0789. The summed E-state index contributed by atoms with van der Waals surface area (Å²) in [4.78, 5) is 11.5. The van der Waals surface area contributed by atoms with E-state index in [4.69, 9.17) is 5.73 Å². The van der Waals surface area contributed by atoms with Crippen LogP contribution in [0, 0.1) is 17.8 Å². The molecule has 0 aromatic rings. The Morgan fingerprint density at radius 2 is 2.00 bits per heavy atom. The second-order valence-electron chi connectivity index (χ2n) is 5.42. The molecule has 0 radical (unpaired) electrons. The second-order valence-corrected chi connectivity index (χ2v) is 5.42. The van der Waals surface area contributed by atoms with Gasteiger partial charge < -0.3 is 11.1 Å². The first-order valence-corrected chi connectivity index (χ1v) is 6.14. The fourth-order valence-electron chi connectivity index (χ4n) is 3.37. The highest BCUT2D eigenvalue weighted by Gasteiger charge is 2.42. The Hall–Kier alpha value is -0.280. The minimum atomic E-state index is -0.383. The third-order valence-electron chi connectivity index (χ3n) is 4.22. The van der Waals surface area contributed by atoms with Gasteiger partial charge in [-0.3, -0.25) is 4.79 Å². The number of rotatable bonds is 3. The van der Waals surface area contributed by atoms with Gasteiger partial charge in [0.25, 0.3) is 0 Å². The molecular formula is C12H23ClN2O. The molecule has 0 aromatic heterocycles. The van der Waals surface area contributed by atoms with Crippen molar-refractivity contribution in [2.75, 3.05) is 0 Å². The standard InChI is InChI=1S/C12H22N2O.ClH/c1-7(13)12(15)14-8(2)11-6-9-3-4-10(11)5-9;/h7-11H,3-6,13H2,1-2H3,(H,14,15);1H/t7-,8?,9?,10?,11?;/m0./s1. The zero-order valence-corrected chi connectivity index (χ0v) is 10.9. The van der Waals surface area contributed by atoms with Gasteiger partial charge in [0, 0.05) is 6.04 Å². The molecule has 2 aliphatic rings. The SMILES string of the molecule is CC(NC(=O)[C@H](C)N)C1CC2CCC1C2.Cl. The highest BCUT2D eigenvalue weighted by Crippen LogP contribution is 2.49. The lowest BCUT2D eigenvalue weighted by atomic mass is 9.84. The van der Waals surface area contributed by atoms with Gasteiger partial charge in [-0.25, -0.2) is 0 Å². The van der Waals surface area contributed by atoms with Crippen molar-refractivity contribution in [3.8, 4) is 0 Å². The van der Waals surface area contributed by atoms with Gasteiger partial charge in [0.15, 0.2) is 0 Å². The van der Waals surface area contributed by atoms with Crippen molar-refractivity contribution in [1.82, 2.24) is 5.32 Å². The van der Waals surface area contributed by atoms with Crippen molar-refractivity contribution in [3.05, 3.63) is 0 Å². The third-order valence-corrected chi connectivity index (χ3v) is 4.22. The van der Waals surface area contributed by atoms with Crippen molar-refractivity contribution in [2.24, 2.45) is 23.5 Å². The molecule has 2 aliphatic carbocycles. The van der Waals surface area contributed by atoms with E-state index < -0.39 is 0 Å². The summed E-state index contributed by atoms with van der Waals surface area (Å²) in [5, 5.41) is 3.04. The van der Waals surface area contributed by atoms with E-state index in [0.717, 1.165) is 11.8 Å². The first-order chi connectivity index (χ1) is 7.08. The molecule has 4 unspecified atom stereocenters. The maximum absolute atomic E-state index is 11.5. The van der Waals surface area contributed by atoms with Crippen LogP contribution in [0.1, 0.15) is 39.5 Å². The first kappa shape index (κ1) is 13.8. The summed E-state index contributed by atoms with van der Waals surface area (Å²) in [6.45, 7) is 3.87. The van der Waals surface area contributed by atoms with Gasteiger partial charge >= 0.3 is 0 Å². The number of amides is 1. The van der Waals surface area contributed by atoms with Crippen molar-refractivity contribution < 1.29 is 4.79 Å². The Morgan fingerprint density at radius 1 is 1.31 bits per heavy atom. The maximum atomic E-state index is 11.5. The van der Waals surface area contributed by atoms with Gasteiger partial charge in [-0.15, -0.1) is 12.4 Å². The van der Waals surface area contributed by atoms with E-state index in [1.807, 2.05) is 0 Å². The van der Waals surface area contributed by atoms with Gasteiger partial charge in [-0.2, -0.15) is 0 Å². The number of hydrogen-bond acceptors (Lipinski definition) is 2. The molecular weight excluding hydrogens is 224 g/mol. The number of nitrogens with one attached hydrogen (secondary N) is 1.